The third-order valence-electron chi connectivity index (χ3n) is 8.71. The lowest BCUT2D eigenvalue weighted by molar-refractivity contribution is -0.138. The summed E-state index contributed by atoms with van der Waals surface area (Å²) in [4.78, 5) is 32.2. The van der Waals surface area contributed by atoms with Crippen LogP contribution in [0.15, 0.2) is 84.9 Å². The highest BCUT2D eigenvalue weighted by atomic mass is 35.5. The standard InChI is InChI=1S/C22H19ClF3NO2S.C15H15ClF3NS.C7H5ClO2/c1-2-3-4-19-20(13-29-17-10-7-15(12-28)18(23)11-17)30-21(27-19)14-5-8-16(9-6-14)22(24,25)26;1-2-3-4-12-13(9-16)21-14(20-12)10-5-7-11(8-6-10)15(17,18)19;8-7-3-6(10)2-1-5(7)4-9/h5-12H,2-4,13H2,1H3;5-8H,2-4,9H2,1H3;1-4,10H. The Bertz CT molecular complexity index is 2350. The number of rotatable bonds is 14. The van der Waals surface area contributed by atoms with Gasteiger partial charge in [-0.3, -0.25) is 9.59 Å². The Morgan fingerprint density at radius 3 is 1.51 bits per heavy atom. The summed E-state index contributed by atoms with van der Waals surface area (Å²) < 4.78 is 81.9. The number of thiazole rings is 2. The SMILES string of the molecule is CCCCc1nc(-c2ccc(C(F)(F)F)cc2)sc1CCl.CCCCc1nc(-c2ccc(C(F)(F)F)cc2)sc1COc1ccc(C=O)c(Cl)c1.O=Cc1ccc(O)cc1Cl. The van der Waals surface area contributed by atoms with Gasteiger partial charge in [-0.1, -0.05) is 74.2 Å². The summed E-state index contributed by atoms with van der Waals surface area (Å²) in [5.74, 6) is 0.976. The fraction of sp³-hybridized carbons (Fsp3) is 0.273. The van der Waals surface area contributed by atoms with Gasteiger partial charge in [0.2, 0.25) is 0 Å². The summed E-state index contributed by atoms with van der Waals surface area (Å²) in [6.45, 7) is 4.44. The molecular formula is C44H39Cl3F6N2O4S2. The van der Waals surface area contributed by atoms with E-state index in [4.69, 9.17) is 44.6 Å². The second kappa shape index (κ2) is 23.1. The summed E-state index contributed by atoms with van der Waals surface area (Å²) in [5, 5.41) is 10.8. The highest BCUT2D eigenvalue weighted by Gasteiger charge is 2.31. The first-order chi connectivity index (χ1) is 29.0. The second-order valence-corrected chi connectivity index (χ2v) is 16.4. The molecule has 6 rings (SSSR count). The zero-order valence-electron chi connectivity index (χ0n) is 32.7. The third kappa shape index (κ3) is 14.6. The van der Waals surface area contributed by atoms with Gasteiger partial charge >= 0.3 is 12.4 Å². The van der Waals surface area contributed by atoms with Gasteiger partial charge in [0.15, 0.2) is 12.6 Å². The van der Waals surface area contributed by atoms with Gasteiger partial charge < -0.3 is 9.84 Å². The number of alkyl halides is 7. The molecule has 0 saturated heterocycles. The van der Waals surface area contributed by atoms with E-state index in [9.17, 15) is 35.9 Å². The number of phenols is 1. The van der Waals surface area contributed by atoms with E-state index in [2.05, 4.69) is 23.8 Å². The number of aldehydes is 2. The van der Waals surface area contributed by atoms with Crippen LogP contribution in [0.1, 0.15) is 92.5 Å². The van der Waals surface area contributed by atoms with Crippen LogP contribution < -0.4 is 4.74 Å². The predicted molar refractivity (Wildman–Crippen MR) is 232 cm³/mol. The molecule has 0 unspecified atom stereocenters. The molecule has 0 atom stereocenters. The molecule has 0 aliphatic heterocycles. The van der Waals surface area contributed by atoms with Crippen molar-refractivity contribution in [2.75, 3.05) is 0 Å². The number of hydrogen-bond acceptors (Lipinski definition) is 8. The number of hydrogen-bond donors (Lipinski definition) is 1. The molecule has 0 fully saturated rings. The number of carbonyl (C=O) groups is 2. The van der Waals surface area contributed by atoms with Gasteiger partial charge in [-0.2, -0.15) is 26.3 Å². The molecule has 0 amide bonds. The van der Waals surface area contributed by atoms with E-state index < -0.39 is 23.5 Å². The number of ether oxygens (including phenoxy) is 1. The Kier molecular flexibility index (Phi) is 18.6. The van der Waals surface area contributed by atoms with Crippen molar-refractivity contribution in [2.45, 2.75) is 77.2 Å². The maximum Gasteiger partial charge on any atom is 0.416 e. The van der Waals surface area contributed by atoms with Gasteiger partial charge in [0, 0.05) is 27.1 Å². The lowest BCUT2D eigenvalue weighted by Gasteiger charge is -2.07. The Labute approximate surface area is 372 Å². The van der Waals surface area contributed by atoms with Crippen LogP contribution in [0, 0.1) is 0 Å². The summed E-state index contributed by atoms with van der Waals surface area (Å²) in [5.41, 5.74) is 2.62. The van der Waals surface area contributed by atoms with Crippen LogP contribution in [0.2, 0.25) is 10.0 Å². The molecule has 6 nitrogen and oxygen atoms in total. The summed E-state index contributed by atoms with van der Waals surface area (Å²) in [7, 11) is 0. The maximum atomic E-state index is 12.8. The number of carbonyl (C=O) groups excluding carboxylic acids is 2. The molecule has 0 spiro atoms. The number of halogens is 9. The van der Waals surface area contributed by atoms with Crippen molar-refractivity contribution in [1.82, 2.24) is 9.97 Å². The largest absolute Gasteiger partial charge is 0.508 e. The zero-order chi connectivity index (χ0) is 44.7. The topological polar surface area (TPSA) is 89.4 Å². The molecule has 4 aromatic carbocycles. The Morgan fingerprint density at radius 2 is 1.10 bits per heavy atom. The van der Waals surface area contributed by atoms with Crippen molar-refractivity contribution in [3.05, 3.63) is 138 Å². The summed E-state index contributed by atoms with van der Waals surface area (Å²) in [6.07, 6.45) is -1.71. The normalized spacial score (nSPS) is 11.3. The van der Waals surface area contributed by atoms with E-state index in [1.165, 1.54) is 65.1 Å². The molecule has 2 aromatic heterocycles. The lowest BCUT2D eigenvalue weighted by atomic mass is 10.1. The molecule has 0 radical (unpaired) electrons. The van der Waals surface area contributed by atoms with Crippen LogP contribution in [-0.4, -0.2) is 27.6 Å². The first kappa shape index (κ1) is 49.2. The second-order valence-electron chi connectivity index (χ2n) is 13.2. The molecule has 0 aliphatic carbocycles. The van der Waals surface area contributed by atoms with Crippen molar-refractivity contribution in [1.29, 1.82) is 0 Å². The molecule has 0 saturated carbocycles. The number of aryl methyl sites for hydroxylation is 2. The summed E-state index contributed by atoms with van der Waals surface area (Å²) >= 11 is 20.3. The van der Waals surface area contributed by atoms with E-state index in [0.717, 1.165) is 88.9 Å². The molecule has 2 heterocycles. The van der Waals surface area contributed by atoms with Gasteiger partial charge in [-0.05, 0) is 86.3 Å². The van der Waals surface area contributed by atoms with Gasteiger partial charge in [-0.25, -0.2) is 9.97 Å². The van der Waals surface area contributed by atoms with Gasteiger partial charge in [-0.15, -0.1) is 34.3 Å². The van der Waals surface area contributed by atoms with Gasteiger partial charge in [0.25, 0.3) is 0 Å². The van der Waals surface area contributed by atoms with Crippen molar-refractivity contribution >= 4 is 70.0 Å². The molecule has 324 valence electrons. The van der Waals surface area contributed by atoms with E-state index >= 15 is 0 Å². The monoisotopic (exact) mass is 942 g/mol. The summed E-state index contributed by atoms with van der Waals surface area (Å²) in [6, 6.07) is 19.1. The molecular weight excluding hydrogens is 905 g/mol. The van der Waals surface area contributed by atoms with Crippen LogP contribution in [0.3, 0.4) is 0 Å². The fourth-order valence-corrected chi connectivity index (χ4v) is 8.11. The van der Waals surface area contributed by atoms with E-state index in [0.29, 0.717) is 56.5 Å². The first-order valence-electron chi connectivity index (χ1n) is 18.7. The van der Waals surface area contributed by atoms with Crippen LogP contribution in [0.4, 0.5) is 26.3 Å². The lowest BCUT2D eigenvalue weighted by Crippen LogP contribution is -2.03. The molecule has 6 aromatic rings. The van der Waals surface area contributed by atoms with Crippen molar-refractivity contribution in [3.63, 3.8) is 0 Å². The third-order valence-corrected chi connectivity index (χ3v) is 12.1. The Morgan fingerprint density at radius 1 is 0.656 bits per heavy atom. The van der Waals surface area contributed by atoms with Crippen LogP contribution in [0.25, 0.3) is 21.1 Å². The minimum atomic E-state index is -4.37. The van der Waals surface area contributed by atoms with E-state index in [-0.39, 0.29) is 17.4 Å². The highest BCUT2D eigenvalue weighted by molar-refractivity contribution is 7.15. The van der Waals surface area contributed by atoms with Crippen molar-refractivity contribution in [3.8, 4) is 32.6 Å². The smallest absolute Gasteiger partial charge is 0.416 e. The number of phenolic OH excluding ortho intramolecular Hbond substituents is 1. The first-order valence-corrected chi connectivity index (χ1v) is 21.6. The van der Waals surface area contributed by atoms with Crippen LogP contribution >= 0.6 is 57.5 Å². The number of benzene rings is 4. The predicted octanol–water partition coefficient (Wildman–Crippen LogP) is 15.0. The molecule has 61 heavy (non-hydrogen) atoms. The molecule has 17 heteroatoms. The molecule has 0 aliphatic rings. The van der Waals surface area contributed by atoms with Gasteiger partial charge in [0.1, 0.15) is 28.1 Å². The quantitative estimate of drug-likeness (QED) is 0.0665. The number of nitrogens with zero attached hydrogens (tertiary/aromatic N) is 2. The minimum absolute atomic E-state index is 0.0654. The molecule has 0 bridgehead atoms. The average molecular weight is 944 g/mol. The highest BCUT2D eigenvalue weighted by Crippen LogP contribution is 2.36. The fourth-order valence-electron chi connectivity index (χ4n) is 5.37. The van der Waals surface area contributed by atoms with Crippen LogP contribution in [0.5, 0.6) is 11.5 Å². The molecule has 1 N–H and O–H groups in total. The Hall–Kier alpha value is -4.47. The number of unbranched alkanes of at least 4 members (excludes halogenated alkanes) is 2. The van der Waals surface area contributed by atoms with Crippen LogP contribution in [-0.2, 0) is 37.7 Å². The minimum Gasteiger partial charge on any atom is -0.508 e. The van der Waals surface area contributed by atoms with E-state index in [1.54, 1.807) is 18.2 Å². The van der Waals surface area contributed by atoms with E-state index in [1.807, 2.05) is 0 Å². The number of aromatic hydroxyl groups is 1. The number of aromatic nitrogens is 2. The van der Waals surface area contributed by atoms with Crippen molar-refractivity contribution < 1.29 is 45.8 Å². The zero-order valence-corrected chi connectivity index (χ0v) is 36.6. The van der Waals surface area contributed by atoms with Crippen molar-refractivity contribution in [2.24, 2.45) is 0 Å². The Balaban J connectivity index is 0.000000228. The maximum absolute atomic E-state index is 12.8. The van der Waals surface area contributed by atoms with Gasteiger partial charge in [0.05, 0.1) is 43.3 Å². The average Bonchev–Trinajstić information content (AvgIpc) is 3.85.